The van der Waals surface area contributed by atoms with Crippen molar-refractivity contribution in [3.05, 3.63) is 63.9 Å². The van der Waals surface area contributed by atoms with E-state index in [1.54, 1.807) is 30.0 Å². The number of carbonyl (C=O) groups excluding carboxylic acids is 1. The zero-order valence-corrected chi connectivity index (χ0v) is 17.1. The van der Waals surface area contributed by atoms with E-state index in [4.69, 9.17) is 27.9 Å². The summed E-state index contributed by atoms with van der Waals surface area (Å²) in [6, 6.07) is 13.0. The number of methoxy groups -OCH3 is 1. The van der Waals surface area contributed by atoms with E-state index < -0.39 is 0 Å². The van der Waals surface area contributed by atoms with Gasteiger partial charge >= 0.3 is 0 Å². The summed E-state index contributed by atoms with van der Waals surface area (Å²) in [5, 5.41) is 8.06. The van der Waals surface area contributed by atoms with Gasteiger partial charge in [0, 0.05) is 25.8 Å². The fourth-order valence-electron chi connectivity index (χ4n) is 2.67. The second-order valence-electron chi connectivity index (χ2n) is 6.24. The summed E-state index contributed by atoms with van der Waals surface area (Å²) in [4.78, 5) is 17.0. The van der Waals surface area contributed by atoms with Crippen LogP contribution in [0.1, 0.15) is 22.6 Å². The molecule has 28 heavy (non-hydrogen) atoms. The molecule has 3 rings (SSSR count). The molecule has 0 aliphatic carbocycles. The molecule has 0 fully saturated rings. The van der Waals surface area contributed by atoms with Crippen LogP contribution >= 0.6 is 23.2 Å². The molecule has 3 aromatic rings. The van der Waals surface area contributed by atoms with Crippen molar-refractivity contribution in [1.29, 1.82) is 0 Å². The lowest BCUT2D eigenvalue weighted by Gasteiger charge is -2.07. The Morgan fingerprint density at radius 3 is 2.71 bits per heavy atom. The summed E-state index contributed by atoms with van der Waals surface area (Å²) in [5.74, 6) is 0.285. The molecular formula is C20H20Cl2N4O2. The van der Waals surface area contributed by atoms with Crippen LogP contribution in [0, 0.1) is 6.92 Å². The van der Waals surface area contributed by atoms with Crippen LogP contribution in [0.25, 0.3) is 17.1 Å². The van der Waals surface area contributed by atoms with E-state index in [1.165, 1.54) is 0 Å². The number of hydrogen-bond acceptors (Lipinski definition) is 4. The average molecular weight is 419 g/mol. The minimum absolute atomic E-state index is 0.0833. The first kappa shape index (κ1) is 20.3. The molecule has 1 heterocycles. The summed E-state index contributed by atoms with van der Waals surface area (Å²) in [6.07, 6.45) is 0.709. The maximum Gasteiger partial charge on any atom is 0.290 e. The molecule has 0 saturated carbocycles. The minimum atomic E-state index is -0.344. The van der Waals surface area contributed by atoms with Crippen LogP contribution in [0.2, 0.25) is 10.0 Å². The molecule has 146 valence electrons. The zero-order chi connectivity index (χ0) is 20.1. The van der Waals surface area contributed by atoms with Gasteiger partial charge in [0.05, 0.1) is 15.7 Å². The van der Waals surface area contributed by atoms with E-state index in [9.17, 15) is 4.79 Å². The summed E-state index contributed by atoms with van der Waals surface area (Å²) in [5.41, 5.74) is 2.58. The molecule has 1 N–H and O–H groups in total. The van der Waals surface area contributed by atoms with Crippen molar-refractivity contribution < 1.29 is 9.53 Å². The highest BCUT2D eigenvalue weighted by Crippen LogP contribution is 2.27. The number of aryl methyl sites for hydroxylation is 1. The van der Waals surface area contributed by atoms with Crippen molar-refractivity contribution in [1.82, 2.24) is 20.1 Å². The average Bonchev–Trinajstić information content (AvgIpc) is 3.13. The molecule has 0 saturated heterocycles. The molecule has 0 bridgehead atoms. The topological polar surface area (TPSA) is 69.0 Å². The Morgan fingerprint density at radius 1 is 1.18 bits per heavy atom. The van der Waals surface area contributed by atoms with Gasteiger partial charge in [0.1, 0.15) is 0 Å². The predicted molar refractivity (Wildman–Crippen MR) is 110 cm³/mol. The van der Waals surface area contributed by atoms with Crippen LogP contribution in [0.15, 0.2) is 42.5 Å². The standard InChI is InChI=1S/C20H20Cl2N4O2/c1-13-5-3-6-14(11-13)19-24-18(20(27)23-9-4-10-28-2)25-26(19)15-7-8-16(21)17(22)12-15/h3,5-8,11-12H,4,9-10H2,1-2H3,(H,23,27). The Hall–Kier alpha value is -2.41. The third-order valence-corrected chi connectivity index (χ3v) is 4.78. The molecule has 0 spiro atoms. The van der Waals surface area contributed by atoms with Gasteiger partial charge in [-0.2, -0.15) is 0 Å². The third kappa shape index (κ3) is 4.70. The molecule has 0 unspecified atom stereocenters. The first-order chi connectivity index (χ1) is 13.5. The first-order valence-electron chi connectivity index (χ1n) is 8.76. The van der Waals surface area contributed by atoms with Gasteiger partial charge in [-0.25, -0.2) is 9.67 Å². The number of nitrogens with one attached hydrogen (secondary N) is 1. The summed E-state index contributed by atoms with van der Waals surface area (Å²) in [7, 11) is 1.62. The summed E-state index contributed by atoms with van der Waals surface area (Å²) in [6.45, 7) is 3.04. The number of amides is 1. The van der Waals surface area contributed by atoms with Gasteiger partial charge in [-0.3, -0.25) is 4.79 Å². The smallest absolute Gasteiger partial charge is 0.290 e. The third-order valence-electron chi connectivity index (χ3n) is 4.05. The number of hydrogen-bond donors (Lipinski definition) is 1. The van der Waals surface area contributed by atoms with Gasteiger partial charge < -0.3 is 10.1 Å². The molecule has 1 aromatic heterocycles. The SMILES string of the molecule is COCCCNC(=O)c1nc(-c2cccc(C)c2)n(-c2ccc(Cl)c(Cl)c2)n1. The van der Waals surface area contributed by atoms with Gasteiger partial charge in [-0.15, -0.1) is 5.10 Å². The fourth-order valence-corrected chi connectivity index (χ4v) is 2.97. The number of rotatable bonds is 7. The van der Waals surface area contributed by atoms with Gasteiger partial charge in [-0.1, -0.05) is 47.0 Å². The molecule has 1 amide bonds. The van der Waals surface area contributed by atoms with Crippen molar-refractivity contribution in [2.75, 3.05) is 20.3 Å². The normalized spacial score (nSPS) is 10.9. The van der Waals surface area contributed by atoms with Crippen LogP contribution in [-0.4, -0.2) is 40.9 Å². The number of halogens is 2. The molecule has 2 aromatic carbocycles. The first-order valence-corrected chi connectivity index (χ1v) is 9.52. The lowest BCUT2D eigenvalue weighted by Crippen LogP contribution is -2.26. The molecule has 0 radical (unpaired) electrons. The predicted octanol–water partition coefficient (Wildman–Crippen LogP) is 4.32. The van der Waals surface area contributed by atoms with E-state index in [-0.39, 0.29) is 11.7 Å². The molecular weight excluding hydrogens is 399 g/mol. The highest BCUT2D eigenvalue weighted by atomic mass is 35.5. The van der Waals surface area contributed by atoms with Crippen LogP contribution in [0.4, 0.5) is 0 Å². The number of benzene rings is 2. The Balaban J connectivity index is 2.00. The van der Waals surface area contributed by atoms with Crippen LogP contribution in [-0.2, 0) is 4.74 Å². The monoisotopic (exact) mass is 418 g/mol. The number of nitrogens with zero attached hydrogens (tertiary/aromatic N) is 3. The second kappa shape index (κ2) is 9.19. The van der Waals surface area contributed by atoms with Gasteiger partial charge in [0.25, 0.3) is 5.91 Å². The number of aromatic nitrogens is 3. The van der Waals surface area contributed by atoms with Crippen LogP contribution in [0.3, 0.4) is 0 Å². The summed E-state index contributed by atoms with van der Waals surface area (Å²) < 4.78 is 6.59. The van der Waals surface area contributed by atoms with Gasteiger partial charge in [-0.05, 0) is 37.6 Å². The Labute approximate surface area is 173 Å². The van der Waals surface area contributed by atoms with E-state index in [0.717, 1.165) is 11.1 Å². The van der Waals surface area contributed by atoms with Crippen molar-refractivity contribution in [3.63, 3.8) is 0 Å². The lowest BCUT2D eigenvalue weighted by atomic mass is 10.1. The number of ether oxygens (including phenoxy) is 1. The van der Waals surface area contributed by atoms with E-state index in [2.05, 4.69) is 15.4 Å². The highest BCUT2D eigenvalue weighted by molar-refractivity contribution is 6.42. The molecule has 6 nitrogen and oxygen atoms in total. The molecule has 8 heteroatoms. The Bertz CT molecular complexity index is 988. The fraction of sp³-hybridized carbons (Fsp3) is 0.250. The van der Waals surface area contributed by atoms with Crippen molar-refractivity contribution in [3.8, 4) is 17.1 Å². The van der Waals surface area contributed by atoms with E-state index in [1.807, 2.05) is 31.2 Å². The van der Waals surface area contributed by atoms with Crippen LogP contribution < -0.4 is 5.32 Å². The Morgan fingerprint density at radius 2 is 2.00 bits per heavy atom. The van der Waals surface area contributed by atoms with Gasteiger partial charge in [0.15, 0.2) is 5.82 Å². The number of carbonyl (C=O) groups is 1. The van der Waals surface area contributed by atoms with E-state index in [0.29, 0.717) is 41.1 Å². The van der Waals surface area contributed by atoms with E-state index >= 15 is 0 Å². The largest absolute Gasteiger partial charge is 0.385 e. The lowest BCUT2D eigenvalue weighted by molar-refractivity contribution is 0.0938. The molecule has 0 aliphatic heterocycles. The molecule has 0 atom stereocenters. The Kier molecular flexibility index (Phi) is 6.67. The van der Waals surface area contributed by atoms with Crippen molar-refractivity contribution >= 4 is 29.1 Å². The zero-order valence-electron chi connectivity index (χ0n) is 15.6. The minimum Gasteiger partial charge on any atom is -0.385 e. The van der Waals surface area contributed by atoms with Crippen LogP contribution in [0.5, 0.6) is 0 Å². The highest BCUT2D eigenvalue weighted by Gasteiger charge is 2.19. The van der Waals surface area contributed by atoms with Crippen molar-refractivity contribution in [2.24, 2.45) is 0 Å². The molecule has 0 aliphatic rings. The second-order valence-corrected chi connectivity index (χ2v) is 7.06. The quantitative estimate of drug-likeness (QED) is 0.580. The maximum absolute atomic E-state index is 12.5. The van der Waals surface area contributed by atoms with Crippen molar-refractivity contribution in [2.45, 2.75) is 13.3 Å². The maximum atomic E-state index is 12.5. The van der Waals surface area contributed by atoms with Gasteiger partial charge in [0.2, 0.25) is 5.82 Å². The summed E-state index contributed by atoms with van der Waals surface area (Å²) >= 11 is 12.2.